The minimum Gasteiger partial charge on any atom is -0.502 e. The van der Waals surface area contributed by atoms with E-state index in [0.29, 0.717) is 48.4 Å². The summed E-state index contributed by atoms with van der Waals surface area (Å²) >= 11 is 0. The van der Waals surface area contributed by atoms with Gasteiger partial charge in [0.2, 0.25) is 31.9 Å². The molecular formula is C46H48N4O4+2. The van der Waals surface area contributed by atoms with Gasteiger partial charge >= 0.3 is 0 Å². The number of nitrogens with zero attached hydrogens (tertiary/aromatic N) is 4. The van der Waals surface area contributed by atoms with Crippen molar-refractivity contribution in [3.63, 3.8) is 0 Å². The number of fused-ring (bicyclic) bond motifs is 6. The molecule has 0 saturated carbocycles. The number of aromatic hydroxyl groups is 1. The Morgan fingerprint density at radius 2 is 1.19 bits per heavy atom. The molecule has 1 unspecified atom stereocenters. The first-order valence-corrected chi connectivity index (χ1v) is 19.3. The van der Waals surface area contributed by atoms with Crippen LogP contribution in [-0.2, 0) is 10.8 Å². The SMILES string of the molecule is CCN1/C(=C\C2=C(O)C(=[N+]3CC[N+](=c4c(O)c(/C=C5\N(CC)c6ccc7ccccc7c6C5(C)C)c4=O)CC3)C2O)C(C)(C)c2c1ccc1ccccc21. The van der Waals surface area contributed by atoms with E-state index in [1.165, 1.54) is 32.7 Å². The molecule has 274 valence electrons. The Labute approximate surface area is 315 Å². The highest BCUT2D eigenvalue weighted by molar-refractivity contribution is 6.08. The van der Waals surface area contributed by atoms with Gasteiger partial charge in [-0.15, -0.1) is 0 Å². The number of anilines is 2. The van der Waals surface area contributed by atoms with Crippen LogP contribution in [0.25, 0.3) is 27.6 Å². The van der Waals surface area contributed by atoms with Crippen LogP contribution in [0, 0.1) is 0 Å². The smallest absolute Gasteiger partial charge is 0.291 e. The van der Waals surface area contributed by atoms with Crippen molar-refractivity contribution in [1.82, 2.24) is 4.58 Å². The lowest BCUT2D eigenvalue weighted by molar-refractivity contribution is -0.537. The van der Waals surface area contributed by atoms with Gasteiger partial charge in [0.05, 0.1) is 5.56 Å². The summed E-state index contributed by atoms with van der Waals surface area (Å²) in [5.74, 6) is 0.156. The van der Waals surface area contributed by atoms with Crippen molar-refractivity contribution in [1.29, 1.82) is 0 Å². The third-order valence-electron chi connectivity index (χ3n) is 12.7. The molecule has 9 rings (SSSR count). The Hall–Kier alpha value is -5.47. The lowest BCUT2D eigenvalue weighted by Gasteiger charge is -2.30. The second-order valence-electron chi connectivity index (χ2n) is 16.2. The second-order valence-corrected chi connectivity index (χ2v) is 16.2. The molecule has 5 aromatic rings. The van der Waals surface area contributed by atoms with Crippen molar-refractivity contribution in [3.05, 3.63) is 134 Å². The minimum absolute atomic E-state index is 0.0371. The molecule has 1 aliphatic carbocycles. The Kier molecular flexibility index (Phi) is 7.64. The number of hydrogen-bond acceptors (Lipinski definition) is 6. The van der Waals surface area contributed by atoms with Crippen LogP contribution in [0.4, 0.5) is 11.4 Å². The van der Waals surface area contributed by atoms with Crippen LogP contribution < -0.4 is 25.2 Å². The van der Waals surface area contributed by atoms with E-state index in [-0.39, 0.29) is 27.8 Å². The molecule has 1 saturated heterocycles. The molecule has 3 heterocycles. The summed E-state index contributed by atoms with van der Waals surface area (Å²) in [7, 11) is 0. The van der Waals surface area contributed by atoms with Crippen LogP contribution in [0.2, 0.25) is 0 Å². The lowest BCUT2D eigenvalue weighted by atomic mass is 9.79. The minimum atomic E-state index is -0.916. The average molecular weight is 721 g/mol. The van der Waals surface area contributed by atoms with E-state index in [1.54, 1.807) is 0 Å². The predicted octanol–water partition coefficient (Wildman–Crippen LogP) is 6.22. The van der Waals surface area contributed by atoms with E-state index in [2.05, 4.69) is 124 Å². The molecule has 1 fully saturated rings. The molecule has 54 heavy (non-hydrogen) atoms. The molecule has 0 bridgehead atoms. The van der Waals surface area contributed by atoms with Crippen molar-refractivity contribution < 1.29 is 19.9 Å². The second kappa shape index (κ2) is 12.0. The third kappa shape index (κ3) is 4.62. The highest BCUT2D eigenvalue weighted by Crippen LogP contribution is 2.52. The number of aliphatic hydroxyl groups is 2. The maximum Gasteiger partial charge on any atom is 0.291 e. The molecule has 0 aromatic heterocycles. The zero-order valence-electron chi connectivity index (χ0n) is 31.9. The first-order chi connectivity index (χ1) is 25.9. The van der Waals surface area contributed by atoms with Crippen LogP contribution in [-0.4, -0.2) is 71.0 Å². The number of benzene rings is 4. The van der Waals surface area contributed by atoms with E-state index in [4.69, 9.17) is 0 Å². The monoisotopic (exact) mass is 720 g/mol. The molecule has 3 N–H and O–H groups in total. The normalized spacial score (nSPS) is 22.0. The third-order valence-corrected chi connectivity index (χ3v) is 12.7. The first-order valence-electron chi connectivity index (χ1n) is 19.3. The summed E-state index contributed by atoms with van der Waals surface area (Å²) in [6.45, 7) is 16.5. The number of allylic oxidation sites excluding steroid dienone is 2. The van der Waals surface area contributed by atoms with Gasteiger partial charge in [-0.05, 0) is 70.8 Å². The van der Waals surface area contributed by atoms with Crippen LogP contribution in [0.1, 0.15) is 58.2 Å². The molecular weight excluding hydrogens is 673 g/mol. The standard InChI is InChI=1S/C46H46N4O4/c1-7-49-33-19-17-27-13-9-11-15-29(27)37(33)45(3,4)35(49)25-31-41(51)39(42(31)52)47-21-23-48(24-22-47)40-43(53)32(44(40)54)26-36-46(5,6)38-30-16-12-10-14-28(30)18-20-34(38)50(36)8-2/h9-20,25-26,41,51H,7-8,21-24H2,1-6H3/p+2. The molecule has 8 heteroatoms. The van der Waals surface area contributed by atoms with Gasteiger partial charge in [0.15, 0.2) is 11.9 Å². The molecule has 5 aromatic carbocycles. The number of likely N-dealkylation sites (N-methyl/N-ethyl adjacent to an activating group) is 2. The Balaban J connectivity index is 0.999. The summed E-state index contributed by atoms with van der Waals surface area (Å²) < 4.78 is 3.94. The van der Waals surface area contributed by atoms with E-state index in [9.17, 15) is 20.1 Å². The fraction of sp³-hybridized carbons (Fsp3) is 0.326. The van der Waals surface area contributed by atoms with Gasteiger partial charge in [0.25, 0.3) is 16.5 Å². The van der Waals surface area contributed by atoms with Crippen molar-refractivity contribution in [2.75, 3.05) is 49.1 Å². The van der Waals surface area contributed by atoms with Gasteiger partial charge in [-0.1, -0.05) is 88.4 Å². The number of piperazine rings is 1. The summed E-state index contributed by atoms with van der Waals surface area (Å²) in [5, 5.41) is 39.4. The van der Waals surface area contributed by atoms with Gasteiger partial charge in [0, 0.05) is 52.3 Å². The molecule has 3 aliphatic heterocycles. The van der Waals surface area contributed by atoms with Gasteiger partial charge in [-0.2, -0.15) is 0 Å². The van der Waals surface area contributed by atoms with E-state index in [0.717, 1.165) is 35.9 Å². The van der Waals surface area contributed by atoms with E-state index in [1.807, 2.05) is 21.3 Å². The topological polar surface area (TPSA) is 90.3 Å². The van der Waals surface area contributed by atoms with Crippen molar-refractivity contribution in [3.8, 4) is 5.75 Å². The molecule has 0 radical (unpaired) electrons. The van der Waals surface area contributed by atoms with E-state index < -0.39 is 6.10 Å². The maximum atomic E-state index is 13.7. The zero-order valence-corrected chi connectivity index (χ0v) is 31.9. The Morgan fingerprint density at radius 1 is 0.704 bits per heavy atom. The average Bonchev–Trinajstić information content (AvgIpc) is 3.54. The van der Waals surface area contributed by atoms with Gasteiger partial charge < -0.3 is 25.1 Å². The van der Waals surface area contributed by atoms with Gasteiger partial charge in [-0.25, -0.2) is 9.15 Å². The molecule has 0 amide bonds. The molecule has 8 nitrogen and oxygen atoms in total. The maximum absolute atomic E-state index is 13.7. The van der Waals surface area contributed by atoms with Gasteiger partial charge in [0.1, 0.15) is 0 Å². The highest BCUT2D eigenvalue weighted by atomic mass is 16.3. The van der Waals surface area contributed by atoms with Crippen molar-refractivity contribution >= 4 is 44.7 Å². The van der Waals surface area contributed by atoms with Crippen LogP contribution in [0.3, 0.4) is 0 Å². The van der Waals surface area contributed by atoms with E-state index >= 15 is 0 Å². The van der Waals surface area contributed by atoms with Gasteiger partial charge in [-0.3, -0.25) is 4.79 Å². The molecule has 1 atom stereocenters. The first kappa shape index (κ1) is 34.3. The van der Waals surface area contributed by atoms with Crippen LogP contribution in [0.15, 0.2) is 106 Å². The largest absolute Gasteiger partial charge is 0.502 e. The van der Waals surface area contributed by atoms with Crippen molar-refractivity contribution in [2.24, 2.45) is 0 Å². The highest BCUT2D eigenvalue weighted by Gasteiger charge is 2.48. The Morgan fingerprint density at radius 3 is 1.67 bits per heavy atom. The number of rotatable bonds is 4. The summed E-state index contributed by atoms with van der Waals surface area (Å²) in [6.07, 6.45) is 2.95. The summed E-state index contributed by atoms with van der Waals surface area (Å²) in [5.41, 5.74) is 7.39. The Bertz CT molecular complexity index is 2650. The zero-order chi connectivity index (χ0) is 37.8. The number of aliphatic hydroxyl groups excluding tert-OH is 2. The molecule has 0 spiro atoms. The predicted molar refractivity (Wildman–Crippen MR) is 218 cm³/mol. The van der Waals surface area contributed by atoms with Crippen LogP contribution in [0.5, 0.6) is 5.75 Å². The molecule has 4 aliphatic rings. The van der Waals surface area contributed by atoms with Crippen molar-refractivity contribution in [2.45, 2.75) is 58.5 Å². The fourth-order valence-electron chi connectivity index (χ4n) is 9.91. The summed E-state index contributed by atoms with van der Waals surface area (Å²) in [6, 6.07) is 25.5. The lowest BCUT2D eigenvalue weighted by Crippen LogP contribution is -2.54. The summed E-state index contributed by atoms with van der Waals surface area (Å²) in [4.78, 5) is 18.3. The van der Waals surface area contributed by atoms with Crippen LogP contribution >= 0.6 is 0 Å². The quantitative estimate of drug-likeness (QED) is 0.191. The fourth-order valence-corrected chi connectivity index (χ4v) is 9.91. The number of hydrogen-bond donors (Lipinski definition) is 3.